The number of rotatable bonds is 9. The smallest absolute Gasteiger partial charge is 0.252 e. The Morgan fingerprint density at radius 1 is 0.494 bits per heavy atom. The van der Waals surface area contributed by atoms with E-state index >= 15 is 0 Å². The Morgan fingerprint density at radius 3 is 1.61 bits per heavy atom. The first-order valence-electron chi connectivity index (χ1n) is 34.0. The zero-order chi connectivity index (χ0) is 64.0. The number of benzene rings is 9. The highest BCUT2D eigenvalue weighted by Gasteiger charge is 2.58. The summed E-state index contributed by atoms with van der Waals surface area (Å²) >= 11 is 0. The summed E-state index contributed by atoms with van der Waals surface area (Å²) in [6.45, 7) is 21.4. The molecule has 1 aromatic heterocycles. The average molecular weight is 1090 g/mol. The summed E-state index contributed by atoms with van der Waals surface area (Å²) in [6.07, 6.45) is 4.23. The Morgan fingerprint density at radius 2 is 1.01 bits per heavy atom. The lowest BCUT2D eigenvalue weighted by atomic mass is 9.33. The molecule has 2 unspecified atom stereocenters. The first kappa shape index (κ1) is 43.6. The van der Waals surface area contributed by atoms with Gasteiger partial charge in [0.25, 0.3) is 6.71 Å². The summed E-state index contributed by atoms with van der Waals surface area (Å²) in [4.78, 5) is 6.39. The maximum Gasteiger partial charge on any atom is 0.252 e. The van der Waals surface area contributed by atoms with E-state index in [1.165, 1.54) is 5.56 Å². The van der Waals surface area contributed by atoms with Crippen molar-refractivity contribution in [1.82, 2.24) is 0 Å². The van der Waals surface area contributed by atoms with E-state index in [2.05, 4.69) is 219 Å². The van der Waals surface area contributed by atoms with Crippen molar-refractivity contribution in [3.05, 3.63) is 256 Å². The molecular formula is C78H76BN3O. The first-order valence-corrected chi connectivity index (χ1v) is 30.0. The van der Waals surface area contributed by atoms with Gasteiger partial charge in [0, 0.05) is 78.8 Å². The second kappa shape index (κ2) is 18.2. The standard InChI is InChI=1S/C78H76BN3O/c1-73(2)49-60-69(50-73)83-68-43-41-62-72(70(60)68)81(58-39-34-55(35-40-58)75(5,6)52-26-16-12-17-27-52)67-48-59(82-64-31-21-20-30-61(64)77(9)44-22-23-45-78(77,82)10)47-66-71(67)79(62)63-46-56(76(7,8)53-28-18-13-19-29-53)36-42-65(63)80(66)57-37-32-54(33-38-57)74(3,4)51-24-14-11-15-25-51/h11-21,24-43,46-48H,22-23,44-45,49-50H2,1-10H3/i20D,21D,30D,31D,41D,43D,47D,48D. The quantitative estimate of drug-likeness (QED) is 0.134. The van der Waals surface area contributed by atoms with Crippen molar-refractivity contribution in [2.75, 3.05) is 14.7 Å². The largest absolute Gasteiger partial charge is 0.461 e. The van der Waals surface area contributed by atoms with E-state index in [1.807, 2.05) is 23.1 Å². The first-order chi connectivity index (χ1) is 43.2. The second-order valence-electron chi connectivity index (χ2n) is 27.3. The van der Waals surface area contributed by atoms with Gasteiger partial charge in [0.2, 0.25) is 0 Å². The number of para-hydroxylation sites is 1. The monoisotopic (exact) mass is 1090 g/mol. The molecule has 3 aliphatic heterocycles. The van der Waals surface area contributed by atoms with E-state index in [0.717, 1.165) is 79.9 Å². The van der Waals surface area contributed by atoms with Crippen LogP contribution in [0.25, 0.3) is 11.0 Å². The molecule has 83 heavy (non-hydrogen) atoms. The van der Waals surface area contributed by atoms with E-state index < -0.39 is 28.5 Å². The van der Waals surface area contributed by atoms with Gasteiger partial charge in [0.1, 0.15) is 11.3 Å². The normalized spacial score (nSPS) is 20.8. The van der Waals surface area contributed by atoms with Gasteiger partial charge < -0.3 is 19.1 Å². The van der Waals surface area contributed by atoms with Crippen molar-refractivity contribution in [3.63, 3.8) is 0 Å². The fourth-order valence-electron chi connectivity index (χ4n) is 15.6. The van der Waals surface area contributed by atoms with Gasteiger partial charge in [0.15, 0.2) is 0 Å². The predicted octanol–water partition coefficient (Wildman–Crippen LogP) is 18.4. The number of hydrogen-bond acceptors (Lipinski definition) is 4. The zero-order valence-electron chi connectivity index (χ0n) is 57.6. The van der Waals surface area contributed by atoms with Crippen LogP contribution in [0.2, 0.25) is 0 Å². The second-order valence-corrected chi connectivity index (χ2v) is 27.3. The molecule has 0 N–H and O–H groups in total. The van der Waals surface area contributed by atoms with Crippen molar-refractivity contribution >= 4 is 79.6 Å². The van der Waals surface area contributed by atoms with Crippen LogP contribution in [0.3, 0.4) is 0 Å². The summed E-state index contributed by atoms with van der Waals surface area (Å²) in [5.74, 6) is 0.800. The topological polar surface area (TPSA) is 22.9 Å². The molecule has 1 saturated carbocycles. The van der Waals surface area contributed by atoms with E-state index in [9.17, 15) is 11.0 Å². The van der Waals surface area contributed by atoms with Gasteiger partial charge in [0.05, 0.1) is 22.2 Å². The van der Waals surface area contributed by atoms with Crippen LogP contribution in [-0.2, 0) is 34.5 Å². The lowest BCUT2D eigenvalue weighted by Gasteiger charge is -2.51. The highest BCUT2D eigenvalue weighted by Crippen LogP contribution is 2.62. The summed E-state index contributed by atoms with van der Waals surface area (Å²) in [5, 5.41) is 0.752. The molecule has 0 radical (unpaired) electrons. The maximum absolute atomic E-state index is 11.6. The molecule has 15 rings (SSSR count). The van der Waals surface area contributed by atoms with Crippen LogP contribution in [0.5, 0.6) is 0 Å². The lowest BCUT2D eigenvalue weighted by Crippen LogP contribution is -2.61. The summed E-state index contributed by atoms with van der Waals surface area (Å²) in [5.41, 5.74) is 12.0. The van der Waals surface area contributed by atoms with Crippen LogP contribution < -0.4 is 31.1 Å². The van der Waals surface area contributed by atoms with Crippen LogP contribution >= 0.6 is 0 Å². The van der Waals surface area contributed by atoms with E-state index in [0.29, 0.717) is 70.5 Å². The van der Waals surface area contributed by atoms with Crippen LogP contribution in [0, 0.1) is 5.41 Å². The molecule has 4 nitrogen and oxygen atoms in total. The molecule has 2 atom stereocenters. The van der Waals surface area contributed by atoms with Crippen molar-refractivity contribution in [1.29, 1.82) is 0 Å². The minimum Gasteiger partial charge on any atom is -0.461 e. The number of furan rings is 1. The Hall–Kier alpha value is -8.02. The number of nitrogens with zero attached hydrogens (tertiary/aromatic N) is 3. The molecule has 5 heteroatoms. The van der Waals surface area contributed by atoms with Crippen molar-refractivity contribution < 1.29 is 15.4 Å². The van der Waals surface area contributed by atoms with Crippen LogP contribution in [-0.4, -0.2) is 12.3 Å². The summed E-state index contributed by atoms with van der Waals surface area (Å²) < 4.78 is 89.2. The van der Waals surface area contributed by atoms with Crippen LogP contribution in [0.4, 0.5) is 45.5 Å². The van der Waals surface area contributed by atoms with Crippen molar-refractivity contribution in [2.24, 2.45) is 5.41 Å². The molecule has 0 bridgehead atoms. The molecule has 10 aromatic rings. The predicted molar refractivity (Wildman–Crippen MR) is 350 cm³/mol. The van der Waals surface area contributed by atoms with Gasteiger partial charge in [-0.25, -0.2) is 0 Å². The van der Waals surface area contributed by atoms with Gasteiger partial charge in [-0.05, 0) is 141 Å². The molecule has 0 spiro atoms. The lowest BCUT2D eigenvalue weighted by molar-refractivity contribution is 0.195. The minimum atomic E-state index is -0.924. The number of fused-ring (bicyclic) bond motifs is 11. The molecule has 0 amide bonds. The highest BCUT2D eigenvalue weighted by molar-refractivity contribution is 7.00. The van der Waals surface area contributed by atoms with Crippen LogP contribution in [0.15, 0.2) is 210 Å². The number of hydrogen-bond donors (Lipinski definition) is 0. The van der Waals surface area contributed by atoms with E-state index in [4.69, 9.17) is 4.42 Å². The fraction of sp³-hybridized carbons (Fsp3) is 0.282. The fourth-order valence-corrected chi connectivity index (χ4v) is 15.6. The molecule has 5 aliphatic rings. The van der Waals surface area contributed by atoms with E-state index in [1.54, 1.807) is 0 Å². The third kappa shape index (κ3) is 7.57. The zero-order valence-corrected chi connectivity index (χ0v) is 49.6. The molecular weight excluding hydrogens is 1010 g/mol. The highest BCUT2D eigenvalue weighted by atomic mass is 16.3. The van der Waals surface area contributed by atoms with Gasteiger partial charge in [-0.15, -0.1) is 0 Å². The molecule has 9 aromatic carbocycles. The average Bonchev–Trinajstić information content (AvgIpc) is 1.66. The van der Waals surface area contributed by atoms with E-state index in [-0.39, 0.29) is 64.9 Å². The van der Waals surface area contributed by atoms with Gasteiger partial charge in [-0.2, -0.15) is 0 Å². The Balaban J connectivity index is 1.11. The molecule has 2 aliphatic carbocycles. The minimum absolute atomic E-state index is 0.00614. The third-order valence-corrected chi connectivity index (χ3v) is 20.8. The van der Waals surface area contributed by atoms with Gasteiger partial charge in [-0.1, -0.05) is 227 Å². The van der Waals surface area contributed by atoms with Gasteiger partial charge >= 0.3 is 0 Å². The molecule has 412 valence electrons. The molecule has 0 saturated heterocycles. The Labute approximate surface area is 504 Å². The Bertz CT molecular complexity index is 4680. The third-order valence-electron chi connectivity index (χ3n) is 20.8. The van der Waals surface area contributed by atoms with Crippen molar-refractivity contribution in [3.8, 4) is 0 Å². The SMILES string of the molecule is [2H]c1c([2H])c([2H])c2c(c1[2H])N(c1c([2H])c3c4c(c1[2H])N(c1ccc(C(C)(C)c5ccccc5)cc1)c1c(c([2H])c([2H])c5oc6c(c15)CC(C)(C)C6)B4c1cc(C(C)(C)c4ccccc4)ccc1N3c1ccc(C(C)(C)c3ccccc3)cc1)C1(C)CCCCC21C. The summed E-state index contributed by atoms with van der Waals surface area (Å²) in [6, 6.07) is 54.6. The molecule has 4 heterocycles. The molecule has 1 fully saturated rings. The van der Waals surface area contributed by atoms with Crippen molar-refractivity contribution in [2.45, 2.75) is 135 Å². The number of anilines is 8. The van der Waals surface area contributed by atoms with Gasteiger partial charge in [-0.3, -0.25) is 0 Å². The Kier molecular flexibility index (Phi) is 9.59. The maximum atomic E-state index is 11.6. The summed E-state index contributed by atoms with van der Waals surface area (Å²) in [7, 11) is 0. The van der Waals surface area contributed by atoms with Crippen LogP contribution in [0.1, 0.15) is 156 Å².